The van der Waals surface area contributed by atoms with Crippen molar-refractivity contribution < 1.29 is 0 Å². The van der Waals surface area contributed by atoms with E-state index in [1.54, 1.807) is 6.20 Å². The Morgan fingerprint density at radius 1 is 1.29 bits per heavy atom. The second kappa shape index (κ2) is 4.33. The first-order valence-corrected chi connectivity index (χ1v) is 6.68. The van der Waals surface area contributed by atoms with Gasteiger partial charge in [-0.1, -0.05) is 18.0 Å². The molecule has 0 bridgehead atoms. The fourth-order valence-corrected chi connectivity index (χ4v) is 3.49. The van der Waals surface area contributed by atoms with E-state index < -0.39 is 0 Å². The summed E-state index contributed by atoms with van der Waals surface area (Å²) in [6.07, 6.45) is 8.10. The summed E-state index contributed by atoms with van der Waals surface area (Å²) in [4.78, 5) is 10.6. The Kier molecular flexibility index (Phi) is 2.82. The van der Waals surface area contributed by atoms with Gasteiger partial charge in [-0.15, -0.1) is 0 Å². The molecule has 2 unspecified atom stereocenters. The van der Waals surface area contributed by atoms with Crippen molar-refractivity contribution in [1.29, 1.82) is 0 Å². The zero-order valence-electron chi connectivity index (χ0n) is 9.77. The molecule has 0 amide bonds. The summed E-state index contributed by atoms with van der Waals surface area (Å²) in [7, 11) is 0. The topological polar surface area (TPSA) is 55.0 Å². The van der Waals surface area contributed by atoms with Crippen LogP contribution in [-0.4, -0.2) is 22.6 Å². The van der Waals surface area contributed by atoms with Crippen LogP contribution in [0.3, 0.4) is 0 Å². The van der Waals surface area contributed by atoms with Gasteiger partial charge in [-0.2, -0.15) is 4.98 Å². The molecule has 2 fully saturated rings. The maximum Gasteiger partial charge on any atom is 0.222 e. The lowest BCUT2D eigenvalue weighted by Crippen LogP contribution is -2.43. The van der Waals surface area contributed by atoms with E-state index in [1.807, 2.05) is 0 Å². The van der Waals surface area contributed by atoms with Gasteiger partial charge in [-0.3, -0.25) is 0 Å². The van der Waals surface area contributed by atoms with Crippen molar-refractivity contribution in [3.05, 3.63) is 11.2 Å². The molecule has 1 saturated carbocycles. The van der Waals surface area contributed by atoms with Crippen molar-refractivity contribution in [2.75, 3.05) is 17.2 Å². The molecule has 17 heavy (non-hydrogen) atoms. The van der Waals surface area contributed by atoms with Gasteiger partial charge in [0.1, 0.15) is 5.02 Å². The highest BCUT2D eigenvalue weighted by atomic mass is 35.5. The Balaban J connectivity index is 1.94. The summed E-state index contributed by atoms with van der Waals surface area (Å²) < 4.78 is 0. The quantitative estimate of drug-likeness (QED) is 0.834. The van der Waals surface area contributed by atoms with Crippen LogP contribution in [0, 0.1) is 5.92 Å². The third kappa shape index (κ3) is 1.95. The van der Waals surface area contributed by atoms with Crippen LogP contribution < -0.4 is 10.6 Å². The normalized spacial score (nSPS) is 28.2. The molecule has 4 nitrogen and oxygen atoms in total. The lowest BCUT2D eigenvalue weighted by Gasteiger charge is -2.38. The lowest BCUT2D eigenvalue weighted by molar-refractivity contribution is 0.360. The van der Waals surface area contributed by atoms with Crippen LogP contribution in [0.1, 0.15) is 32.1 Å². The van der Waals surface area contributed by atoms with Gasteiger partial charge in [-0.05, 0) is 31.6 Å². The molecule has 2 aliphatic rings. The van der Waals surface area contributed by atoms with Gasteiger partial charge >= 0.3 is 0 Å². The van der Waals surface area contributed by atoms with Crippen molar-refractivity contribution >= 4 is 23.4 Å². The highest BCUT2D eigenvalue weighted by molar-refractivity contribution is 6.32. The average molecular weight is 253 g/mol. The van der Waals surface area contributed by atoms with Crippen LogP contribution in [0.5, 0.6) is 0 Å². The van der Waals surface area contributed by atoms with E-state index in [0.717, 1.165) is 18.3 Å². The largest absolute Gasteiger partial charge is 0.368 e. The van der Waals surface area contributed by atoms with E-state index in [1.165, 1.54) is 32.1 Å². The van der Waals surface area contributed by atoms with Gasteiger partial charge < -0.3 is 10.6 Å². The van der Waals surface area contributed by atoms with Gasteiger partial charge in [-0.25, -0.2) is 4.98 Å². The monoisotopic (exact) mass is 252 g/mol. The molecule has 1 aliphatic heterocycles. The number of nitrogen functional groups attached to an aromatic ring is 1. The standard InChI is InChI=1S/C12H17ClN4/c13-9-7-15-12(14)16-11(9)17-6-2-4-8-3-1-5-10(8)17/h7-8,10H,1-6H2,(H2,14,15,16). The van der Waals surface area contributed by atoms with E-state index in [2.05, 4.69) is 14.9 Å². The molecule has 2 heterocycles. The molecule has 1 aromatic heterocycles. The molecule has 2 N–H and O–H groups in total. The molecule has 92 valence electrons. The highest BCUT2D eigenvalue weighted by Gasteiger charge is 2.36. The number of hydrogen-bond donors (Lipinski definition) is 1. The summed E-state index contributed by atoms with van der Waals surface area (Å²) >= 11 is 6.20. The number of hydrogen-bond acceptors (Lipinski definition) is 4. The molecule has 2 atom stereocenters. The number of halogens is 1. The van der Waals surface area contributed by atoms with Gasteiger partial charge in [0, 0.05) is 12.6 Å². The highest BCUT2D eigenvalue weighted by Crippen LogP contribution is 2.40. The van der Waals surface area contributed by atoms with Crippen molar-refractivity contribution in [3.8, 4) is 0 Å². The summed E-state index contributed by atoms with van der Waals surface area (Å²) in [5.41, 5.74) is 5.66. The third-order valence-electron chi connectivity index (χ3n) is 4.01. The lowest BCUT2D eigenvalue weighted by atomic mass is 9.92. The molecule has 1 aliphatic carbocycles. The fourth-order valence-electron chi connectivity index (χ4n) is 3.29. The minimum atomic E-state index is 0.310. The van der Waals surface area contributed by atoms with E-state index in [-0.39, 0.29) is 0 Å². The molecule has 1 saturated heterocycles. The van der Waals surface area contributed by atoms with Crippen LogP contribution in [-0.2, 0) is 0 Å². The van der Waals surface area contributed by atoms with Gasteiger partial charge in [0.25, 0.3) is 0 Å². The molecular formula is C12H17ClN4. The Bertz CT molecular complexity index is 423. The van der Waals surface area contributed by atoms with Gasteiger partial charge in [0.2, 0.25) is 5.95 Å². The maximum absolute atomic E-state index is 6.20. The van der Waals surface area contributed by atoms with Crippen molar-refractivity contribution in [2.24, 2.45) is 5.92 Å². The zero-order chi connectivity index (χ0) is 11.8. The van der Waals surface area contributed by atoms with E-state index in [0.29, 0.717) is 17.0 Å². The molecule has 0 aromatic carbocycles. The van der Waals surface area contributed by atoms with Crippen molar-refractivity contribution in [1.82, 2.24) is 9.97 Å². The smallest absolute Gasteiger partial charge is 0.222 e. The predicted octanol–water partition coefficient (Wildman–Crippen LogP) is 2.48. The van der Waals surface area contributed by atoms with Gasteiger partial charge in [0.15, 0.2) is 5.82 Å². The first-order valence-electron chi connectivity index (χ1n) is 6.30. The molecular weight excluding hydrogens is 236 g/mol. The molecule has 3 rings (SSSR count). The van der Waals surface area contributed by atoms with Crippen LogP contribution >= 0.6 is 11.6 Å². The van der Waals surface area contributed by atoms with Gasteiger partial charge in [0.05, 0.1) is 6.20 Å². The van der Waals surface area contributed by atoms with E-state index in [9.17, 15) is 0 Å². The first kappa shape index (κ1) is 11.1. The summed E-state index contributed by atoms with van der Waals surface area (Å²) in [5, 5.41) is 0.617. The summed E-state index contributed by atoms with van der Waals surface area (Å²) in [5.74, 6) is 1.95. The number of fused-ring (bicyclic) bond motifs is 1. The molecule has 5 heteroatoms. The number of anilines is 2. The van der Waals surface area contributed by atoms with E-state index >= 15 is 0 Å². The van der Waals surface area contributed by atoms with Crippen LogP contribution in [0.2, 0.25) is 5.02 Å². The fraction of sp³-hybridized carbons (Fsp3) is 0.667. The number of piperidine rings is 1. The number of nitrogens with two attached hydrogens (primary N) is 1. The second-order valence-electron chi connectivity index (χ2n) is 4.99. The minimum absolute atomic E-state index is 0.310. The first-order chi connectivity index (χ1) is 8.25. The number of aromatic nitrogens is 2. The molecule has 0 spiro atoms. The molecule has 1 aromatic rings. The molecule has 0 radical (unpaired) electrons. The van der Waals surface area contributed by atoms with Crippen LogP contribution in [0.25, 0.3) is 0 Å². The van der Waals surface area contributed by atoms with E-state index in [4.69, 9.17) is 17.3 Å². The Labute approximate surface area is 106 Å². The van der Waals surface area contributed by atoms with Crippen LogP contribution in [0.15, 0.2) is 6.20 Å². The zero-order valence-corrected chi connectivity index (χ0v) is 10.5. The SMILES string of the molecule is Nc1ncc(Cl)c(N2CCCC3CCCC32)n1. The number of rotatable bonds is 1. The maximum atomic E-state index is 6.20. The Morgan fingerprint density at radius 3 is 3.00 bits per heavy atom. The Morgan fingerprint density at radius 2 is 2.12 bits per heavy atom. The summed E-state index contributed by atoms with van der Waals surface area (Å²) in [6, 6.07) is 0.607. The average Bonchev–Trinajstić information content (AvgIpc) is 2.80. The number of nitrogens with zero attached hydrogens (tertiary/aromatic N) is 3. The second-order valence-corrected chi connectivity index (χ2v) is 5.40. The van der Waals surface area contributed by atoms with Crippen molar-refractivity contribution in [3.63, 3.8) is 0 Å². The third-order valence-corrected chi connectivity index (χ3v) is 4.28. The summed E-state index contributed by atoms with van der Waals surface area (Å²) in [6.45, 7) is 1.04. The Hall–Kier alpha value is -1.03. The minimum Gasteiger partial charge on any atom is -0.368 e. The van der Waals surface area contributed by atoms with Crippen LogP contribution in [0.4, 0.5) is 11.8 Å². The predicted molar refractivity (Wildman–Crippen MR) is 69.2 cm³/mol. The van der Waals surface area contributed by atoms with Crippen molar-refractivity contribution in [2.45, 2.75) is 38.1 Å².